The molecule has 0 fully saturated rings. The van der Waals surface area contributed by atoms with E-state index in [9.17, 15) is 13.2 Å². The number of primary sulfonamides is 1. The number of sulfonamides is 1. The first-order valence-corrected chi connectivity index (χ1v) is 11.6. The van der Waals surface area contributed by atoms with Gasteiger partial charge in [-0.2, -0.15) is 20.3 Å². The van der Waals surface area contributed by atoms with E-state index in [0.717, 1.165) is 16.8 Å². The highest BCUT2D eigenvalue weighted by molar-refractivity contribution is 7.89. The third-order valence-corrected chi connectivity index (χ3v) is 6.32. The Morgan fingerprint density at radius 3 is 2.39 bits per heavy atom. The minimum absolute atomic E-state index is 0.0274. The van der Waals surface area contributed by atoms with E-state index in [4.69, 9.17) is 5.14 Å². The van der Waals surface area contributed by atoms with E-state index in [2.05, 4.69) is 20.3 Å². The second-order valence-corrected chi connectivity index (χ2v) is 9.33. The molecule has 2 heterocycles. The fraction of sp³-hybridized carbons (Fsp3) is 0.150. The Morgan fingerprint density at radius 1 is 1.06 bits per heavy atom. The van der Waals surface area contributed by atoms with E-state index in [1.54, 1.807) is 6.92 Å². The summed E-state index contributed by atoms with van der Waals surface area (Å²) in [4.78, 5) is 17.4. The van der Waals surface area contributed by atoms with Crippen LogP contribution >= 0.6 is 11.3 Å². The highest BCUT2D eigenvalue weighted by Gasteiger charge is 2.36. The van der Waals surface area contributed by atoms with Crippen LogP contribution < -0.4 is 10.1 Å². The quantitative estimate of drug-likeness (QED) is 0.590. The Morgan fingerprint density at radius 2 is 1.74 bits per heavy atom. The largest absolute Gasteiger partial charge is 0.282 e. The highest BCUT2D eigenvalue weighted by Crippen LogP contribution is 2.31. The maximum Gasteiger partial charge on any atom is 0.282 e. The van der Waals surface area contributed by atoms with Crippen LogP contribution in [0.2, 0.25) is 0 Å². The summed E-state index contributed by atoms with van der Waals surface area (Å²) in [7, 11) is -3.78. The van der Waals surface area contributed by atoms with Crippen LogP contribution in [0.15, 0.2) is 74.1 Å². The molecule has 158 valence electrons. The Labute approximate surface area is 183 Å². The molecule has 4 rings (SSSR count). The normalized spacial score (nSPS) is 16.9. The van der Waals surface area contributed by atoms with Gasteiger partial charge in [0.2, 0.25) is 15.2 Å². The first kappa shape index (κ1) is 21.0. The monoisotopic (exact) mass is 454 g/mol. The van der Waals surface area contributed by atoms with Gasteiger partial charge in [-0.25, -0.2) is 18.5 Å². The molecule has 9 nitrogen and oxygen atoms in total. The SMILES string of the molecule is CC1=NN(c2nc(-c3ccc(C)cc3)cs2)C(=O)[C@@H]1N=Nc1ccc(S(N)(=O)=O)cc1. The van der Waals surface area contributed by atoms with Crippen molar-refractivity contribution in [3.8, 4) is 11.3 Å². The van der Waals surface area contributed by atoms with Crippen LogP contribution in [-0.4, -0.2) is 31.1 Å². The molecular formula is C20H18N6O3S2. The standard InChI is InChI=1S/C20H18N6O3S2/c1-12-3-5-14(6-4-12)17-11-30-20(22-17)26-19(27)18(13(2)25-26)24-23-15-7-9-16(10-8-15)31(21,28)29/h3-11,18H,1-2H3,(H2,21,28,29)/t18-/m1/s1. The van der Waals surface area contributed by atoms with Gasteiger partial charge in [0.05, 0.1) is 22.0 Å². The third kappa shape index (κ3) is 4.43. The van der Waals surface area contributed by atoms with Gasteiger partial charge >= 0.3 is 0 Å². The molecule has 0 radical (unpaired) electrons. The molecule has 0 saturated carbocycles. The van der Waals surface area contributed by atoms with E-state index in [1.165, 1.54) is 40.6 Å². The molecule has 2 N–H and O–H groups in total. The predicted octanol–water partition coefficient (Wildman–Crippen LogP) is 3.64. The molecule has 1 aliphatic rings. The minimum Gasteiger partial charge on any atom is -0.269 e. The van der Waals surface area contributed by atoms with Crippen LogP contribution in [-0.2, 0) is 14.8 Å². The van der Waals surface area contributed by atoms with Crippen molar-refractivity contribution in [1.29, 1.82) is 0 Å². The van der Waals surface area contributed by atoms with Gasteiger partial charge in [0.15, 0.2) is 6.04 Å². The van der Waals surface area contributed by atoms with Crippen LogP contribution in [0.1, 0.15) is 12.5 Å². The molecule has 2 aromatic carbocycles. The van der Waals surface area contributed by atoms with Crippen LogP contribution in [0.3, 0.4) is 0 Å². The first-order chi connectivity index (χ1) is 14.7. The maximum atomic E-state index is 12.8. The Kier molecular flexibility index (Phi) is 5.48. The molecule has 0 bridgehead atoms. The lowest BCUT2D eigenvalue weighted by Gasteiger charge is -2.08. The lowest BCUT2D eigenvalue weighted by Crippen LogP contribution is -2.29. The molecule has 1 aromatic heterocycles. The number of hydrazone groups is 1. The predicted molar refractivity (Wildman–Crippen MR) is 119 cm³/mol. The van der Waals surface area contributed by atoms with E-state index in [1.807, 2.05) is 36.6 Å². The zero-order valence-corrected chi connectivity index (χ0v) is 18.3. The van der Waals surface area contributed by atoms with Crippen molar-refractivity contribution in [3.05, 3.63) is 59.5 Å². The van der Waals surface area contributed by atoms with Gasteiger partial charge in [0, 0.05) is 10.9 Å². The van der Waals surface area contributed by atoms with Crippen LogP contribution in [0.25, 0.3) is 11.3 Å². The molecule has 0 aliphatic carbocycles. The average Bonchev–Trinajstić information content (AvgIpc) is 3.32. The summed E-state index contributed by atoms with van der Waals surface area (Å²) in [6.45, 7) is 3.71. The molecule has 1 atom stereocenters. The number of nitrogens with zero attached hydrogens (tertiary/aromatic N) is 5. The van der Waals surface area contributed by atoms with Crippen molar-refractivity contribution >= 4 is 43.8 Å². The zero-order chi connectivity index (χ0) is 22.2. The number of hydrogen-bond acceptors (Lipinski definition) is 8. The summed E-state index contributed by atoms with van der Waals surface area (Å²) in [6, 6.07) is 12.7. The van der Waals surface area contributed by atoms with Crippen molar-refractivity contribution in [2.24, 2.45) is 20.5 Å². The lowest BCUT2D eigenvalue weighted by molar-refractivity contribution is -0.117. The molecule has 0 spiro atoms. The van der Waals surface area contributed by atoms with Gasteiger partial charge in [-0.15, -0.1) is 11.3 Å². The number of rotatable bonds is 5. The molecule has 0 unspecified atom stereocenters. The number of anilines is 1. The van der Waals surface area contributed by atoms with E-state index in [0.29, 0.717) is 16.5 Å². The molecule has 0 saturated heterocycles. The molecule has 3 aromatic rings. The molecule has 11 heteroatoms. The van der Waals surface area contributed by atoms with Crippen molar-refractivity contribution in [2.45, 2.75) is 24.8 Å². The Hall–Kier alpha value is -3.28. The summed E-state index contributed by atoms with van der Waals surface area (Å²) in [6.07, 6.45) is 0. The summed E-state index contributed by atoms with van der Waals surface area (Å²) >= 11 is 1.32. The van der Waals surface area contributed by atoms with Gasteiger partial charge in [-0.3, -0.25) is 4.79 Å². The molecule has 31 heavy (non-hydrogen) atoms. The summed E-state index contributed by atoms with van der Waals surface area (Å²) in [5.74, 6) is -0.354. The fourth-order valence-corrected chi connectivity index (χ4v) is 4.17. The fourth-order valence-electron chi connectivity index (χ4n) is 2.87. The average molecular weight is 455 g/mol. The second kappa shape index (κ2) is 8.10. The van der Waals surface area contributed by atoms with Crippen LogP contribution in [0.5, 0.6) is 0 Å². The number of thiazole rings is 1. The highest BCUT2D eigenvalue weighted by atomic mass is 32.2. The van der Waals surface area contributed by atoms with E-state index in [-0.39, 0.29) is 10.8 Å². The maximum absolute atomic E-state index is 12.8. The van der Waals surface area contributed by atoms with Crippen LogP contribution in [0.4, 0.5) is 10.8 Å². The number of benzene rings is 2. The first-order valence-electron chi connectivity index (χ1n) is 9.18. The molecule has 1 amide bonds. The minimum atomic E-state index is -3.78. The van der Waals surface area contributed by atoms with Crippen molar-refractivity contribution in [3.63, 3.8) is 0 Å². The number of amides is 1. The third-order valence-electron chi connectivity index (χ3n) is 4.57. The van der Waals surface area contributed by atoms with Crippen molar-refractivity contribution in [2.75, 3.05) is 5.01 Å². The molecular weight excluding hydrogens is 436 g/mol. The number of aromatic nitrogens is 1. The number of carbonyl (C=O) groups is 1. The van der Waals surface area contributed by atoms with E-state index < -0.39 is 16.1 Å². The zero-order valence-electron chi connectivity index (χ0n) is 16.6. The number of azo groups is 1. The van der Waals surface area contributed by atoms with Crippen LogP contribution in [0, 0.1) is 6.92 Å². The summed E-state index contributed by atoms with van der Waals surface area (Å²) in [5, 5.41) is 21.1. The lowest BCUT2D eigenvalue weighted by atomic mass is 10.1. The topological polar surface area (TPSA) is 130 Å². The number of nitrogens with two attached hydrogens (primary N) is 1. The van der Waals surface area contributed by atoms with E-state index >= 15 is 0 Å². The number of carbonyl (C=O) groups excluding carboxylic acids is 1. The second-order valence-electron chi connectivity index (χ2n) is 6.93. The number of aryl methyl sites for hydroxylation is 1. The van der Waals surface area contributed by atoms with Gasteiger partial charge in [0.25, 0.3) is 5.91 Å². The van der Waals surface area contributed by atoms with Gasteiger partial charge in [-0.1, -0.05) is 29.8 Å². The van der Waals surface area contributed by atoms with Crippen molar-refractivity contribution < 1.29 is 13.2 Å². The van der Waals surface area contributed by atoms with Crippen molar-refractivity contribution in [1.82, 2.24) is 4.98 Å². The van der Waals surface area contributed by atoms with Gasteiger partial charge < -0.3 is 0 Å². The smallest absolute Gasteiger partial charge is 0.269 e. The van der Waals surface area contributed by atoms with Gasteiger partial charge in [0.1, 0.15) is 0 Å². The summed E-state index contributed by atoms with van der Waals surface area (Å²) in [5.41, 5.74) is 3.76. The molecule has 1 aliphatic heterocycles. The van der Waals surface area contributed by atoms with Gasteiger partial charge in [-0.05, 0) is 38.1 Å². The summed E-state index contributed by atoms with van der Waals surface area (Å²) < 4.78 is 22.7. The Bertz CT molecular complexity index is 1300. The Balaban J connectivity index is 1.51. The number of hydrogen-bond donors (Lipinski definition) is 1.